The molecule has 0 atom stereocenters. The summed E-state index contributed by atoms with van der Waals surface area (Å²) in [5.41, 5.74) is 2.28. The summed E-state index contributed by atoms with van der Waals surface area (Å²) in [5.74, 6) is 0.00437. The van der Waals surface area contributed by atoms with Gasteiger partial charge in [-0.1, -0.05) is 24.6 Å². The topological polar surface area (TPSA) is 30.0 Å². The molecule has 3 heteroatoms. The van der Waals surface area contributed by atoms with E-state index in [1.54, 1.807) is 12.3 Å². The quantitative estimate of drug-likeness (QED) is 0.734. The predicted molar refractivity (Wildman–Crippen MR) is 63.1 cm³/mol. The van der Waals surface area contributed by atoms with Crippen LogP contribution in [0.25, 0.3) is 5.03 Å². The molecule has 0 saturated carbocycles. The number of ketones is 1. The smallest absolute Gasteiger partial charge is 0.161 e. The van der Waals surface area contributed by atoms with Gasteiger partial charge in [-0.15, -0.1) is 0 Å². The lowest BCUT2D eigenvalue weighted by Crippen LogP contribution is -1.97. The van der Waals surface area contributed by atoms with Crippen LogP contribution in [-0.4, -0.2) is 10.8 Å². The highest BCUT2D eigenvalue weighted by Gasteiger charge is 2.07. The molecular weight excluding hydrogens is 210 g/mol. The minimum atomic E-state index is 0.00437. The lowest BCUT2D eigenvalue weighted by atomic mass is 10.1. The highest BCUT2D eigenvalue weighted by molar-refractivity contribution is 6.48. The lowest BCUT2D eigenvalue weighted by molar-refractivity contribution is 0.101. The second-order valence-corrected chi connectivity index (χ2v) is 3.78. The van der Waals surface area contributed by atoms with Crippen molar-refractivity contribution in [1.82, 2.24) is 4.98 Å². The van der Waals surface area contributed by atoms with Crippen molar-refractivity contribution in [3.8, 4) is 0 Å². The molecule has 1 heterocycles. The van der Waals surface area contributed by atoms with Gasteiger partial charge in [0.25, 0.3) is 0 Å². The number of halogens is 1. The molecule has 0 radical (unpaired) electrons. The van der Waals surface area contributed by atoms with Crippen molar-refractivity contribution in [2.24, 2.45) is 0 Å². The van der Waals surface area contributed by atoms with Crippen LogP contribution in [0.5, 0.6) is 0 Å². The Balaban J connectivity index is 3.22. The van der Waals surface area contributed by atoms with E-state index in [0.717, 1.165) is 17.7 Å². The number of hydrogen-bond donors (Lipinski definition) is 0. The first kappa shape index (κ1) is 11.9. The predicted octanol–water partition coefficient (Wildman–Crippen LogP) is 3.58. The number of Topliss-reactive ketones (excluding diaryl/α,β-unsaturated/α-hetero) is 1. The Labute approximate surface area is 95.0 Å². The molecule has 0 fully saturated rings. The lowest BCUT2D eigenvalue weighted by Gasteiger charge is -2.05. The maximum Gasteiger partial charge on any atom is 0.161 e. The number of pyridine rings is 1. The summed E-state index contributed by atoms with van der Waals surface area (Å²) in [6.45, 7) is 5.42. The normalized spacial score (nSPS) is 11.6. The molecule has 0 bridgehead atoms. The summed E-state index contributed by atoms with van der Waals surface area (Å²) in [6.07, 6.45) is 4.36. The fourth-order valence-corrected chi connectivity index (χ4v) is 1.60. The summed E-state index contributed by atoms with van der Waals surface area (Å²) < 4.78 is 0. The maximum absolute atomic E-state index is 11.2. The van der Waals surface area contributed by atoms with E-state index in [-0.39, 0.29) is 5.78 Å². The van der Waals surface area contributed by atoms with Gasteiger partial charge in [0.1, 0.15) is 0 Å². The monoisotopic (exact) mass is 223 g/mol. The molecular formula is C12H14ClNO. The van der Waals surface area contributed by atoms with E-state index in [0.29, 0.717) is 10.6 Å². The van der Waals surface area contributed by atoms with Gasteiger partial charge in [0, 0.05) is 28.0 Å². The SMILES string of the molecule is CC/C=C(/Cl)c1cc(C(C)=O)cnc1C. The average molecular weight is 224 g/mol. The number of hydrogen-bond acceptors (Lipinski definition) is 2. The molecule has 0 saturated heterocycles. The second kappa shape index (κ2) is 5.08. The molecule has 0 spiro atoms. The molecule has 0 aromatic carbocycles. The number of carbonyl (C=O) groups excluding carboxylic acids is 1. The average Bonchev–Trinajstić information content (AvgIpc) is 2.18. The first-order valence-electron chi connectivity index (χ1n) is 4.89. The van der Waals surface area contributed by atoms with Crippen LogP contribution < -0.4 is 0 Å². The largest absolute Gasteiger partial charge is 0.294 e. The molecule has 1 aromatic heterocycles. The third-order valence-corrected chi connectivity index (χ3v) is 2.49. The van der Waals surface area contributed by atoms with Crippen LogP contribution in [0, 0.1) is 6.92 Å². The van der Waals surface area contributed by atoms with Crippen molar-refractivity contribution in [2.45, 2.75) is 27.2 Å². The van der Waals surface area contributed by atoms with Crippen molar-refractivity contribution >= 4 is 22.4 Å². The first-order chi connectivity index (χ1) is 7.06. The van der Waals surface area contributed by atoms with Gasteiger partial charge in [-0.2, -0.15) is 0 Å². The van der Waals surface area contributed by atoms with Crippen LogP contribution in [0.3, 0.4) is 0 Å². The summed E-state index contributed by atoms with van der Waals surface area (Å²) in [5, 5.41) is 0.658. The van der Waals surface area contributed by atoms with Gasteiger partial charge >= 0.3 is 0 Å². The second-order valence-electron chi connectivity index (χ2n) is 3.37. The molecule has 80 valence electrons. The van der Waals surface area contributed by atoms with Crippen molar-refractivity contribution in [3.05, 3.63) is 35.2 Å². The molecule has 0 aliphatic rings. The molecule has 0 amide bonds. The van der Waals surface area contributed by atoms with E-state index in [1.165, 1.54) is 6.92 Å². The van der Waals surface area contributed by atoms with Crippen LogP contribution in [0.15, 0.2) is 18.3 Å². The van der Waals surface area contributed by atoms with Gasteiger partial charge in [-0.3, -0.25) is 9.78 Å². The molecule has 0 aliphatic carbocycles. The highest BCUT2D eigenvalue weighted by Crippen LogP contribution is 2.22. The minimum absolute atomic E-state index is 0.00437. The number of rotatable bonds is 3. The molecule has 15 heavy (non-hydrogen) atoms. The van der Waals surface area contributed by atoms with Gasteiger partial charge in [0.05, 0.1) is 0 Å². The molecule has 0 aliphatic heterocycles. The van der Waals surface area contributed by atoms with Crippen molar-refractivity contribution in [2.75, 3.05) is 0 Å². The third-order valence-electron chi connectivity index (χ3n) is 2.13. The van der Waals surface area contributed by atoms with Crippen molar-refractivity contribution in [3.63, 3.8) is 0 Å². The standard InChI is InChI=1S/C12H14ClNO/c1-4-5-12(13)11-6-10(9(3)15)7-14-8(11)2/h5-7H,4H2,1-3H3/b12-5+. The van der Waals surface area contributed by atoms with Crippen LogP contribution in [0.2, 0.25) is 0 Å². The van der Waals surface area contributed by atoms with Gasteiger partial charge in [-0.25, -0.2) is 0 Å². The fourth-order valence-electron chi connectivity index (χ4n) is 1.26. The van der Waals surface area contributed by atoms with Gasteiger partial charge in [0.15, 0.2) is 5.78 Å². The number of aromatic nitrogens is 1. The zero-order chi connectivity index (χ0) is 11.4. The fraction of sp³-hybridized carbons (Fsp3) is 0.333. The summed E-state index contributed by atoms with van der Waals surface area (Å²) in [4.78, 5) is 15.3. The van der Waals surface area contributed by atoms with Crippen LogP contribution >= 0.6 is 11.6 Å². The minimum Gasteiger partial charge on any atom is -0.294 e. The Morgan fingerprint density at radius 1 is 1.60 bits per heavy atom. The van der Waals surface area contributed by atoms with E-state index in [4.69, 9.17) is 11.6 Å². The Hall–Kier alpha value is -1.15. The van der Waals surface area contributed by atoms with E-state index < -0.39 is 0 Å². The van der Waals surface area contributed by atoms with Gasteiger partial charge in [0.2, 0.25) is 0 Å². The molecule has 1 rings (SSSR count). The van der Waals surface area contributed by atoms with E-state index in [9.17, 15) is 4.79 Å². The Morgan fingerprint density at radius 2 is 2.27 bits per heavy atom. The first-order valence-corrected chi connectivity index (χ1v) is 5.27. The summed E-state index contributed by atoms with van der Waals surface area (Å²) in [7, 11) is 0. The van der Waals surface area contributed by atoms with Gasteiger partial charge in [-0.05, 0) is 26.3 Å². The zero-order valence-electron chi connectivity index (χ0n) is 9.17. The number of aryl methyl sites for hydroxylation is 1. The van der Waals surface area contributed by atoms with Crippen molar-refractivity contribution in [1.29, 1.82) is 0 Å². The molecule has 0 unspecified atom stereocenters. The number of carbonyl (C=O) groups is 1. The van der Waals surface area contributed by atoms with Crippen LogP contribution in [0.1, 0.15) is 41.9 Å². The van der Waals surface area contributed by atoms with E-state index in [1.807, 2.05) is 19.9 Å². The third kappa shape index (κ3) is 2.90. The molecule has 2 nitrogen and oxygen atoms in total. The van der Waals surface area contributed by atoms with E-state index in [2.05, 4.69) is 4.98 Å². The zero-order valence-corrected chi connectivity index (χ0v) is 9.93. The Bertz CT molecular complexity index is 410. The maximum atomic E-state index is 11.2. The molecule has 0 N–H and O–H groups in total. The number of nitrogens with zero attached hydrogens (tertiary/aromatic N) is 1. The van der Waals surface area contributed by atoms with Gasteiger partial charge < -0.3 is 0 Å². The van der Waals surface area contributed by atoms with E-state index >= 15 is 0 Å². The Kier molecular flexibility index (Phi) is 4.04. The van der Waals surface area contributed by atoms with Crippen LogP contribution in [-0.2, 0) is 0 Å². The van der Waals surface area contributed by atoms with Crippen molar-refractivity contribution < 1.29 is 4.79 Å². The summed E-state index contributed by atoms with van der Waals surface area (Å²) in [6, 6.07) is 1.79. The van der Waals surface area contributed by atoms with Crippen LogP contribution in [0.4, 0.5) is 0 Å². The highest BCUT2D eigenvalue weighted by atomic mass is 35.5. The Morgan fingerprint density at radius 3 is 2.80 bits per heavy atom. The molecule has 1 aromatic rings. The number of allylic oxidation sites excluding steroid dienone is 1. The summed E-state index contributed by atoms with van der Waals surface area (Å²) >= 11 is 6.10.